The van der Waals surface area contributed by atoms with Gasteiger partial charge in [0.15, 0.2) is 0 Å². The van der Waals surface area contributed by atoms with Gasteiger partial charge in [-0.2, -0.15) is 0 Å². The normalized spacial score (nSPS) is 14.7. The highest BCUT2D eigenvalue weighted by Crippen LogP contribution is 2.14. The average Bonchev–Trinajstić information content (AvgIpc) is 2.55. The van der Waals surface area contributed by atoms with Crippen molar-refractivity contribution in [2.24, 2.45) is 0 Å². The van der Waals surface area contributed by atoms with Gasteiger partial charge in [-0.25, -0.2) is 14.4 Å². The molecule has 0 aliphatic carbocycles. The molecule has 0 unspecified atom stereocenters. The van der Waals surface area contributed by atoms with Crippen LogP contribution in [0.3, 0.4) is 0 Å². The fraction of sp³-hybridized carbons (Fsp3) is 0.267. The van der Waals surface area contributed by atoms with Crippen molar-refractivity contribution in [1.29, 1.82) is 0 Å². The predicted octanol–water partition coefficient (Wildman–Crippen LogP) is 1.83. The van der Waals surface area contributed by atoms with E-state index in [2.05, 4.69) is 15.3 Å². The second kappa shape index (κ2) is 6.48. The number of amides is 1. The van der Waals surface area contributed by atoms with E-state index >= 15 is 0 Å². The van der Waals surface area contributed by atoms with E-state index in [9.17, 15) is 9.18 Å². The highest BCUT2D eigenvalue weighted by Gasteiger charge is 2.20. The van der Waals surface area contributed by atoms with Gasteiger partial charge in [-0.05, 0) is 24.3 Å². The molecule has 1 amide bonds. The van der Waals surface area contributed by atoms with E-state index in [1.807, 2.05) is 0 Å². The molecule has 0 radical (unpaired) electrons. The third-order valence-corrected chi connectivity index (χ3v) is 3.25. The van der Waals surface area contributed by atoms with Crippen LogP contribution < -0.4 is 5.32 Å². The molecule has 0 bridgehead atoms. The first-order valence-corrected chi connectivity index (χ1v) is 6.95. The van der Waals surface area contributed by atoms with E-state index in [1.54, 1.807) is 23.1 Å². The van der Waals surface area contributed by atoms with E-state index in [0.29, 0.717) is 37.7 Å². The molecule has 1 aromatic heterocycles. The van der Waals surface area contributed by atoms with Gasteiger partial charge in [0.1, 0.15) is 11.5 Å². The summed E-state index contributed by atoms with van der Waals surface area (Å²) in [4.78, 5) is 22.3. The van der Waals surface area contributed by atoms with Gasteiger partial charge in [0.2, 0.25) is 5.95 Å². The van der Waals surface area contributed by atoms with E-state index < -0.39 is 0 Å². The van der Waals surface area contributed by atoms with E-state index in [1.165, 1.54) is 18.3 Å². The maximum Gasteiger partial charge on any atom is 0.272 e. The van der Waals surface area contributed by atoms with Crippen molar-refractivity contribution in [3.05, 3.63) is 48.0 Å². The van der Waals surface area contributed by atoms with Crippen molar-refractivity contribution in [2.45, 2.75) is 0 Å². The van der Waals surface area contributed by atoms with Crippen LogP contribution in [0.4, 0.5) is 16.0 Å². The summed E-state index contributed by atoms with van der Waals surface area (Å²) < 4.78 is 18.4. The standard InChI is InChI=1S/C15H15FN4O2/c16-11-2-1-3-12(10-11)18-15-17-5-4-13(19-15)14(21)20-6-8-22-9-7-20/h1-5,10H,6-9H2,(H,17,18,19). The number of nitrogens with zero attached hydrogens (tertiary/aromatic N) is 3. The summed E-state index contributed by atoms with van der Waals surface area (Å²) in [5.41, 5.74) is 0.826. The number of nitrogens with one attached hydrogen (secondary N) is 1. The lowest BCUT2D eigenvalue weighted by Crippen LogP contribution is -2.41. The van der Waals surface area contributed by atoms with E-state index in [-0.39, 0.29) is 17.7 Å². The van der Waals surface area contributed by atoms with Crippen molar-refractivity contribution in [3.63, 3.8) is 0 Å². The Hall–Kier alpha value is -2.54. The van der Waals surface area contributed by atoms with Crippen LogP contribution in [0.1, 0.15) is 10.5 Å². The second-order valence-corrected chi connectivity index (χ2v) is 4.81. The highest BCUT2D eigenvalue weighted by molar-refractivity contribution is 5.92. The number of aromatic nitrogens is 2. The monoisotopic (exact) mass is 302 g/mol. The summed E-state index contributed by atoms with van der Waals surface area (Å²) in [7, 11) is 0. The van der Waals surface area contributed by atoms with E-state index in [0.717, 1.165) is 0 Å². The SMILES string of the molecule is O=C(c1ccnc(Nc2cccc(F)c2)n1)N1CCOCC1. The minimum Gasteiger partial charge on any atom is -0.378 e. The first kappa shape index (κ1) is 14.4. The van der Waals surface area contributed by atoms with Crippen molar-refractivity contribution in [3.8, 4) is 0 Å². The second-order valence-electron chi connectivity index (χ2n) is 4.81. The zero-order valence-corrected chi connectivity index (χ0v) is 11.8. The van der Waals surface area contributed by atoms with Crippen molar-refractivity contribution >= 4 is 17.5 Å². The lowest BCUT2D eigenvalue weighted by molar-refractivity contribution is 0.0299. The van der Waals surface area contributed by atoms with Crippen LogP contribution in [0.5, 0.6) is 0 Å². The van der Waals surface area contributed by atoms with Gasteiger partial charge >= 0.3 is 0 Å². The first-order chi connectivity index (χ1) is 10.7. The molecule has 6 nitrogen and oxygen atoms in total. The smallest absolute Gasteiger partial charge is 0.272 e. The molecular weight excluding hydrogens is 287 g/mol. The molecule has 1 fully saturated rings. The Kier molecular flexibility index (Phi) is 4.24. The lowest BCUT2D eigenvalue weighted by atomic mass is 10.3. The van der Waals surface area contributed by atoms with Crippen LogP contribution >= 0.6 is 0 Å². The van der Waals surface area contributed by atoms with Gasteiger partial charge in [0.25, 0.3) is 5.91 Å². The fourth-order valence-electron chi connectivity index (χ4n) is 2.16. The summed E-state index contributed by atoms with van der Waals surface area (Å²) in [5.74, 6) is -0.261. The molecule has 0 spiro atoms. The zero-order chi connectivity index (χ0) is 15.4. The fourth-order valence-corrected chi connectivity index (χ4v) is 2.16. The Bertz CT molecular complexity index is 674. The molecule has 114 valence electrons. The summed E-state index contributed by atoms with van der Waals surface area (Å²) in [6.45, 7) is 2.17. The molecule has 2 aromatic rings. The minimum atomic E-state index is -0.356. The minimum absolute atomic E-state index is 0.159. The molecule has 1 N–H and O–H groups in total. The third-order valence-electron chi connectivity index (χ3n) is 3.25. The Morgan fingerprint density at radius 2 is 2.09 bits per heavy atom. The summed E-state index contributed by atoms with van der Waals surface area (Å²) in [6, 6.07) is 7.53. The molecule has 1 aliphatic heterocycles. The van der Waals surface area contributed by atoms with Crippen molar-refractivity contribution < 1.29 is 13.9 Å². The van der Waals surface area contributed by atoms with Crippen LogP contribution in [-0.2, 0) is 4.74 Å². The summed E-state index contributed by atoms with van der Waals surface area (Å²) in [6.07, 6.45) is 1.50. The average molecular weight is 302 g/mol. The predicted molar refractivity (Wildman–Crippen MR) is 78.4 cm³/mol. The molecule has 0 saturated carbocycles. The molecule has 7 heteroatoms. The van der Waals surface area contributed by atoms with Crippen molar-refractivity contribution in [2.75, 3.05) is 31.6 Å². The number of carbonyl (C=O) groups is 1. The van der Waals surface area contributed by atoms with Gasteiger partial charge in [-0.3, -0.25) is 4.79 Å². The number of rotatable bonds is 3. The molecule has 1 aliphatic rings. The Morgan fingerprint density at radius 3 is 2.86 bits per heavy atom. The van der Waals surface area contributed by atoms with Crippen LogP contribution in [0.2, 0.25) is 0 Å². The largest absolute Gasteiger partial charge is 0.378 e. The Balaban J connectivity index is 1.75. The maximum atomic E-state index is 13.2. The lowest BCUT2D eigenvalue weighted by Gasteiger charge is -2.26. The molecule has 1 saturated heterocycles. The third kappa shape index (κ3) is 3.37. The number of ether oxygens (including phenoxy) is 1. The van der Waals surface area contributed by atoms with Gasteiger partial charge in [0, 0.05) is 25.0 Å². The Labute approximate surface area is 126 Å². The van der Waals surface area contributed by atoms with Crippen molar-refractivity contribution in [1.82, 2.24) is 14.9 Å². The number of anilines is 2. The molecule has 2 heterocycles. The van der Waals surface area contributed by atoms with Gasteiger partial charge in [-0.1, -0.05) is 6.07 Å². The molecule has 22 heavy (non-hydrogen) atoms. The van der Waals surface area contributed by atoms with E-state index in [4.69, 9.17) is 4.74 Å². The number of hydrogen-bond acceptors (Lipinski definition) is 5. The number of carbonyl (C=O) groups excluding carboxylic acids is 1. The molecule has 0 atom stereocenters. The molecule has 3 rings (SSSR count). The van der Waals surface area contributed by atoms with Gasteiger partial charge in [-0.15, -0.1) is 0 Å². The summed E-state index contributed by atoms with van der Waals surface area (Å²) in [5, 5.41) is 2.89. The highest BCUT2D eigenvalue weighted by atomic mass is 19.1. The topological polar surface area (TPSA) is 67.4 Å². The van der Waals surface area contributed by atoms with Gasteiger partial charge < -0.3 is 15.0 Å². The maximum absolute atomic E-state index is 13.2. The number of morpholine rings is 1. The van der Waals surface area contributed by atoms with Crippen LogP contribution in [0.15, 0.2) is 36.5 Å². The Morgan fingerprint density at radius 1 is 1.27 bits per heavy atom. The number of hydrogen-bond donors (Lipinski definition) is 1. The number of halogens is 1. The first-order valence-electron chi connectivity index (χ1n) is 6.95. The van der Waals surface area contributed by atoms with Gasteiger partial charge in [0.05, 0.1) is 13.2 Å². The van der Waals surface area contributed by atoms with Crippen LogP contribution in [0, 0.1) is 5.82 Å². The van der Waals surface area contributed by atoms with Crippen LogP contribution in [0.25, 0.3) is 0 Å². The molecular formula is C15H15FN4O2. The zero-order valence-electron chi connectivity index (χ0n) is 11.8. The van der Waals surface area contributed by atoms with Crippen LogP contribution in [-0.4, -0.2) is 47.1 Å². The quantitative estimate of drug-likeness (QED) is 0.937. The number of benzene rings is 1. The molecule has 1 aromatic carbocycles. The summed E-state index contributed by atoms with van der Waals surface area (Å²) >= 11 is 0.